The van der Waals surface area contributed by atoms with E-state index in [0.29, 0.717) is 12.6 Å². The highest BCUT2D eigenvalue weighted by Gasteiger charge is 2.25. The number of rotatable bonds is 9. The van der Waals surface area contributed by atoms with E-state index in [9.17, 15) is 0 Å². The second-order valence-corrected chi connectivity index (χ2v) is 4.48. The smallest absolute Gasteiger partial charge is 0.0707 e. The molecule has 2 N–H and O–H groups in total. The molecule has 5 heteroatoms. The molecule has 1 rings (SSSR count). The van der Waals surface area contributed by atoms with Crippen LogP contribution >= 0.6 is 0 Å². The maximum Gasteiger partial charge on any atom is 0.0707 e. The Balaban J connectivity index is 2.26. The van der Waals surface area contributed by atoms with E-state index in [-0.39, 0.29) is 6.10 Å². The molecule has 0 bridgehead atoms. The average Bonchev–Trinajstić information content (AvgIpc) is 2.80. The minimum atomic E-state index is 0.256. The van der Waals surface area contributed by atoms with Crippen molar-refractivity contribution < 1.29 is 14.2 Å². The van der Waals surface area contributed by atoms with Gasteiger partial charge in [0.25, 0.3) is 0 Å². The van der Waals surface area contributed by atoms with Gasteiger partial charge < -0.3 is 19.9 Å². The van der Waals surface area contributed by atoms with Crippen LogP contribution in [0.1, 0.15) is 12.8 Å². The largest absolute Gasteiger partial charge is 0.383 e. The summed E-state index contributed by atoms with van der Waals surface area (Å²) in [5.74, 6) is 0. The lowest BCUT2D eigenvalue weighted by atomic mass is 10.2. The number of methoxy groups -OCH3 is 2. The Morgan fingerprint density at radius 1 is 1.12 bits per heavy atom. The Hall–Kier alpha value is -0.200. The predicted molar refractivity (Wildman–Crippen MR) is 67.1 cm³/mol. The van der Waals surface area contributed by atoms with Crippen LogP contribution in [0.25, 0.3) is 0 Å². The van der Waals surface area contributed by atoms with Crippen LogP contribution in [0.15, 0.2) is 0 Å². The molecule has 1 saturated heterocycles. The van der Waals surface area contributed by atoms with E-state index in [4.69, 9.17) is 19.9 Å². The Morgan fingerprint density at radius 3 is 2.18 bits per heavy atom. The summed E-state index contributed by atoms with van der Waals surface area (Å²) in [7, 11) is 3.45. The fourth-order valence-electron chi connectivity index (χ4n) is 2.11. The molecular formula is C12H26N2O3. The van der Waals surface area contributed by atoms with Crippen LogP contribution in [0.4, 0.5) is 0 Å². The van der Waals surface area contributed by atoms with Crippen LogP contribution in [-0.2, 0) is 14.2 Å². The first-order chi connectivity index (χ1) is 8.30. The SMILES string of the molecule is COCCN(CCOC)CC1CCC(CN)O1. The first-order valence-electron chi connectivity index (χ1n) is 6.36. The summed E-state index contributed by atoms with van der Waals surface area (Å²) in [6.07, 6.45) is 2.77. The lowest BCUT2D eigenvalue weighted by Gasteiger charge is -2.25. The molecular weight excluding hydrogens is 220 g/mol. The summed E-state index contributed by atoms with van der Waals surface area (Å²) in [6, 6.07) is 0. The van der Waals surface area contributed by atoms with Crippen molar-refractivity contribution in [1.82, 2.24) is 4.90 Å². The lowest BCUT2D eigenvalue weighted by Crippen LogP contribution is -2.37. The van der Waals surface area contributed by atoms with E-state index in [1.54, 1.807) is 14.2 Å². The Morgan fingerprint density at radius 2 is 1.71 bits per heavy atom. The summed E-state index contributed by atoms with van der Waals surface area (Å²) in [5, 5.41) is 0. The summed E-state index contributed by atoms with van der Waals surface area (Å²) in [6.45, 7) is 4.92. The van der Waals surface area contributed by atoms with E-state index in [1.165, 1.54) is 0 Å². The van der Waals surface area contributed by atoms with Gasteiger partial charge in [0.05, 0.1) is 25.4 Å². The van der Waals surface area contributed by atoms with Gasteiger partial charge in [-0.1, -0.05) is 0 Å². The molecule has 0 amide bonds. The minimum absolute atomic E-state index is 0.256. The molecule has 102 valence electrons. The van der Waals surface area contributed by atoms with Gasteiger partial charge in [0.2, 0.25) is 0 Å². The number of nitrogens with zero attached hydrogens (tertiary/aromatic N) is 1. The third kappa shape index (κ3) is 5.79. The van der Waals surface area contributed by atoms with Crippen LogP contribution in [0.2, 0.25) is 0 Å². The Bertz CT molecular complexity index is 185. The van der Waals surface area contributed by atoms with Gasteiger partial charge in [-0.05, 0) is 12.8 Å². The lowest BCUT2D eigenvalue weighted by molar-refractivity contribution is 0.0166. The normalized spacial score (nSPS) is 24.7. The molecule has 1 fully saturated rings. The summed E-state index contributed by atoms with van der Waals surface area (Å²) in [4.78, 5) is 2.33. The Kier molecular flexibility index (Phi) is 7.72. The monoisotopic (exact) mass is 246 g/mol. The zero-order valence-corrected chi connectivity index (χ0v) is 11.1. The van der Waals surface area contributed by atoms with Crippen molar-refractivity contribution in [1.29, 1.82) is 0 Å². The molecule has 0 radical (unpaired) electrons. The first kappa shape index (κ1) is 14.9. The van der Waals surface area contributed by atoms with Crippen molar-refractivity contribution in [3.63, 3.8) is 0 Å². The van der Waals surface area contributed by atoms with Crippen molar-refractivity contribution in [3.05, 3.63) is 0 Å². The van der Waals surface area contributed by atoms with Crippen LogP contribution in [0.3, 0.4) is 0 Å². The summed E-state index contributed by atoms with van der Waals surface area (Å²) in [5.41, 5.74) is 5.61. The molecule has 0 saturated carbocycles. The van der Waals surface area contributed by atoms with Gasteiger partial charge in [0.15, 0.2) is 0 Å². The van der Waals surface area contributed by atoms with Crippen LogP contribution in [0.5, 0.6) is 0 Å². The average molecular weight is 246 g/mol. The molecule has 0 aliphatic carbocycles. The highest BCUT2D eigenvalue weighted by atomic mass is 16.5. The molecule has 17 heavy (non-hydrogen) atoms. The van der Waals surface area contributed by atoms with Gasteiger partial charge in [0, 0.05) is 40.4 Å². The molecule has 2 atom stereocenters. The first-order valence-corrected chi connectivity index (χ1v) is 6.36. The number of nitrogens with two attached hydrogens (primary N) is 1. The van der Waals surface area contributed by atoms with Gasteiger partial charge >= 0.3 is 0 Å². The minimum Gasteiger partial charge on any atom is -0.383 e. The molecule has 1 aliphatic rings. The standard InChI is InChI=1S/C12H26N2O3/c1-15-7-5-14(6-8-16-2)10-12-4-3-11(9-13)17-12/h11-12H,3-10,13H2,1-2H3. The van der Waals surface area contributed by atoms with E-state index in [2.05, 4.69) is 4.90 Å². The maximum absolute atomic E-state index is 5.85. The Labute approximate surface area is 104 Å². The van der Waals surface area contributed by atoms with Crippen molar-refractivity contribution >= 4 is 0 Å². The molecule has 0 spiro atoms. The van der Waals surface area contributed by atoms with E-state index in [1.807, 2.05) is 0 Å². The fourth-order valence-corrected chi connectivity index (χ4v) is 2.11. The quantitative estimate of drug-likeness (QED) is 0.625. The van der Waals surface area contributed by atoms with Gasteiger partial charge in [0.1, 0.15) is 0 Å². The summed E-state index contributed by atoms with van der Waals surface area (Å²) >= 11 is 0. The van der Waals surface area contributed by atoms with Crippen molar-refractivity contribution in [3.8, 4) is 0 Å². The third-order valence-corrected chi connectivity index (χ3v) is 3.14. The summed E-state index contributed by atoms with van der Waals surface area (Å²) < 4.78 is 16.1. The van der Waals surface area contributed by atoms with Crippen molar-refractivity contribution in [2.45, 2.75) is 25.0 Å². The third-order valence-electron chi connectivity index (χ3n) is 3.14. The van der Waals surface area contributed by atoms with Crippen LogP contribution in [0, 0.1) is 0 Å². The predicted octanol–water partition coefficient (Wildman–Crippen LogP) is 0.0875. The molecule has 1 heterocycles. The van der Waals surface area contributed by atoms with Crippen molar-refractivity contribution in [2.75, 3.05) is 53.6 Å². The topological polar surface area (TPSA) is 57.0 Å². The number of ether oxygens (including phenoxy) is 3. The van der Waals surface area contributed by atoms with Crippen LogP contribution < -0.4 is 5.73 Å². The number of hydrogen-bond acceptors (Lipinski definition) is 5. The van der Waals surface area contributed by atoms with E-state index in [0.717, 1.165) is 45.7 Å². The zero-order chi connectivity index (χ0) is 12.5. The molecule has 0 aromatic heterocycles. The van der Waals surface area contributed by atoms with Crippen LogP contribution in [-0.4, -0.2) is 70.7 Å². The number of hydrogen-bond donors (Lipinski definition) is 1. The molecule has 2 unspecified atom stereocenters. The van der Waals surface area contributed by atoms with E-state index < -0.39 is 0 Å². The second kappa shape index (κ2) is 8.83. The zero-order valence-electron chi connectivity index (χ0n) is 11.1. The molecule has 0 aromatic carbocycles. The molecule has 5 nitrogen and oxygen atoms in total. The molecule has 0 aromatic rings. The fraction of sp³-hybridized carbons (Fsp3) is 1.00. The van der Waals surface area contributed by atoms with Gasteiger partial charge in [-0.2, -0.15) is 0 Å². The van der Waals surface area contributed by atoms with Gasteiger partial charge in [-0.25, -0.2) is 0 Å². The second-order valence-electron chi connectivity index (χ2n) is 4.48. The highest BCUT2D eigenvalue weighted by molar-refractivity contribution is 4.77. The highest BCUT2D eigenvalue weighted by Crippen LogP contribution is 2.19. The molecule has 1 aliphatic heterocycles. The maximum atomic E-state index is 5.85. The van der Waals surface area contributed by atoms with Gasteiger partial charge in [-0.3, -0.25) is 4.90 Å². The van der Waals surface area contributed by atoms with Gasteiger partial charge in [-0.15, -0.1) is 0 Å². The van der Waals surface area contributed by atoms with Crippen molar-refractivity contribution in [2.24, 2.45) is 5.73 Å². The van der Waals surface area contributed by atoms with E-state index >= 15 is 0 Å².